The van der Waals surface area contributed by atoms with Crippen LogP contribution in [0.3, 0.4) is 0 Å². The maximum Gasteiger partial charge on any atom is 0.142 e. The van der Waals surface area contributed by atoms with Crippen LogP contribution in [0, 0.1) is 33.6 Å². The third kappa shape index (κ3) is 5.57. The number of fused-ring (bicyclic) bond motifs is 1. The van der Waals surface area contributed by atoms with E-state index in [-0.39, 0.29) is 5.76 Å². The van der Waals surface area contributed by atoms with Crippen LogP contribution in [0.15, 0.2) is 30.5 Å². The van der Waals surface area contributed by atoms with Gasteiger partial charge in [0.05, 0.1) is 28.3 Å². The largest absolute Gasteiger partial charge is 0.513 e. The van der Waals surface area contributed by atoms with Gasteiger partial charge in [-0.3, -0.25) is 0 Å². The zero-order chi connectivity index (χ0) is 27.7. The summed E-state index contributed by atoms with van der Waals surface area (Å²) in [5.41, 5.74) is 10.3. The molecule has 2 aliphatic heterocycles. The lowest BCUT2D eigenvalue weighted by Gasteiger charge is -2.32. The maximum atomic E-state index is 10.2. The van der Waals surface area contributed by atoms with Crippen LogP contribution >= 0.6 is 0 Å². The molecule has 0 aliphatic carbocycles. The minimum atomic E-state index is -0.500. The zero-order valence-electron chi connectivity index (χ0n) is 23.3. The molecule has 3 N–H and O–H groups in total. The molecular weight excluding hydrogens is 462 g/mol. The first-order valence-corrected chi connectivity index (χ1v) is 12.7. The van der Waals surface area contributed by atoms with Gasteiger partial charge >= 0.3 is 0 Å². The number of aryl methyl sites for hydroxylation is 1. The summed E-state index contributed by atoms with van der Waals surface area (Å²) >= 11 is 0. The highest BCUT2D eigenvalue weighted by atomic mass is 16.5. The maximum absolute atomic E-state index is 10.2. The van der Waals surface area contributed by atoms with Crippen molar-refractivity contribution in [2.45, 2.75) is 60.1 Å². The van der Waals surface area contributed by atoms with Gasteiger partial charge in [0, 0.05) is 44.2 Å². The first kappa shape index (κ1) is 28.0. The first-order valence-electron chi connectivity index (χ1n) is 12.7. The van der Waals surface area contributed by atoms with Crippen molar-refractivity contribution in [2.24, 2.45) is 0 Å². The highest BCUT2D eigenvalue weighted by molar-refractivity contribution is 6.07. The van der Waals surface area contributed by atoms with Crippen LogP contribution in [-0.4, -0.2) is 47.1 Å². The quantitative estimate of drug-likeness (QED) is 0.296. The summed E-state index contributed by atoms with van der Waals surface area (Å²) in [6.45, 7) is 19.0. The molecule has 37 heavy (non-hydrogen) atoms. The summed E-state index contributed by atoms with van der Waals surface area (Å²) in [7, 11) is 2.16. The number of aliphatic hydroxyl groups excluding tert-OH is 1. The molecular formula is C31H41N3O3. The van der Waals surface area contributed by atoms with E-state index in [1.165, 1.54) is 44.5 Å². The van der Waals surface area contributed by atoms with Crippen molar-refractivity contribution in [3.05, 3.63) is 52.9 Å². The van der Waals surface area contributed by atoms with E-state index in [1.807, 2.05) is 0 Å². The second kappa shape index (κ2) is 10.8. The summed E-state index contributed by atoms with van der Waals surface area (Å²) in [6.07, 6.45) is 8.45. The van der Waals surface area contributed by atoms with Crippen molar-refractivity contribution in [3.8, 4) is 29.7 Å². The number of anilines is 2. The molecule has 0 bridgehead atoms. The Morgan fingerprint density at radius 3 is 2.41 bits per heavy atom. The van der Waals surface area contributed by atoms with Gasteiger partial charge in [-0.25, -0.2) is 0 Å². The molecule has 5 rings (SSSR count). The van der Waals surface area contributed by atoms with Crippen molar-refractivity contribution in [2.75, 3.05) is 37.0 Å². The molecule has 0 spiro atoms. The smallest absolute Gasteiger partial charge is 0.142 e. The van der Waals surface area contributed by atoms with Crippen molar-refractivity contribution in [1.82, 2.24) is 4.57 Å². The Labute approximate surface area is 221 Å². The Balaban J connectivity index is 0.000000489. The Hall–Kier alpha value is -3.56. The molecule has 1 aromatic heterocycles. The average molecular weight is 504 g/mol. The normalized spacial score (nSPS) is 13.8. The Morgan fingerprint density at radius 1 is 1.14 bits per heavy atom. The predicted molar refractivity (Wildman–Crippen MR) is 156 cm³/mol. The predicted octanol–water partition coefficient (Wildman–Crippen LogP) is 6.13. The van der Waals surface area contributed by atoms with Crippen LogP contribution in [0.25, 0.3) is 22.0 Å². The van der Waals surface area contributed by atoms with E-state index in [0.717, 1.165) is 36.6 Å². The topological polar surface area (TPSA) is 69.9 Å². The molecule has 0 atom stereocenters. The van der Waals surface area contributed by atoms with Gasteiger partial charge in [0.25, 0.3) is 0 Å². The lowest BCUT2D eigenvalue weighted by molar-refractivity contribution is 0.102. The number of aromatic nitrogens is 1. The molecule has 0 amide bonds. The monoisotopic (exact) mass is 503 g/mol. The Kier molecular flexibility index (Phi) is 8.19. The fraction of sp³-hybridized carbons (Fsp3) is 0.419. The van der Waals surface area contributed by atoms with E-state index in [1.54, 1.807) is 20.8 Å². The number of nitrogens with one attached hydrogen (secondary N) is 1. The molecule has 198 valence electrons. The van der Waals surface area contributed by atoms with Gasteiger partial charge in [-0.15, -0.1) is 12.8 Å². The van der Waals surface area contributed by atoms with Gasteiger partial charge in [-0.05, 0) is 81.5 Å². The summed E-state index contributed by atoms with van der Waals surface area (Å²) in [5.74, 6) is 1.10. The minimum absolute atomic E-state index is 0.192. The number of aliphatic hydroxyl groups is 2. The number of nitrogens with zero attached hydrogens (tertiary/aromatic N) is 2. The number of allylic oxidation sites excluding steroid dienone is 1. The first-order chi connectivity index (χ1) is 17.4. The van der Waals surface area contributed by atoms with Crippen LogP contribution in [0.2, 0.25) is 0 Å². The number of hydrogen-bond acceptors (Lipinski definition) is 5. The van der Waals surface area contributed by atoms with Gasteiger partial charge in [0.15, 0.2) is 0 Å². The Morgan fingerprint density at radius 2 is 1.78 bits per heavy atom. The fourth-order valence-corrected chi connectivity index (χ4v) is 5.28. The molecule has 0 unspecified atom stereocenters. The van der Waals surface area contributed by atoms with Crippen LogP contribution in [0.1, 0.15) is 43.2 Å². The summed E-state index contributed by atoms with van der Waals surface area (Å²) in [4.78, 5) is 2.35. The second-order valence-corrected chi connectivity index (χ2v) is 10.7. The van der Waals surface area contributed by atoms with Gasteiger partial charge in [0.1, 0.15) is 12.4 Å². The van der Waals surface area contributed by atoms with Gasteiger partial charge in [-0.2, -0.15) is 0 Å². The number of benzene rings is 2. The van der Waals surface area contributed by atoms with Crippen molar-refractivity contribution >= 4 is 22.3 Å². The number of rotatable bonds is 3. The van der Waals surface area contributed by atoms with Crippen LogP contribution in [0.5, 0.6) is 5.75 Å². The van der Waals surface area contributed by atoms with E-state index in [2.05, 4.69) is 80.2 Å². The molecule has 0 radical (unpaired) electrons. The number of hydrogen-bond donors (Lipinski definition) is 3. The number of ether oxygens (including phenoxy) is 1. The lowest BCUT2D eigenvalue weighted by Crippen LogP contribution is -2.29. The van der Waals surface area contributed by atoms with Crippen molar-refractivity contribution in [1.29, 1.82) is 0 Å². The average Bonchev–Trinajstić information content (AvgIpc) is 3.15. The van der Waals surface area contributed by atoms with Crippen LogP contribution in [0.4, 0.5) is 11.4 Å². The van der Waals surface area contributed by atoms with Gasteiger partial charge in [0.2, 0.25) is 0 Å². The fourth-order valence-electron chi connectivity index (χ4n) is 5.28. The number of likely N-dealkylation sites (N-methyl/N-ethyl adjacent to an activating group) is 1. The third-order valence-electron chi connectivity index (χ3n) is 6.69. The minimum Gasteiger partial charge on any atom is -0.513 e. The SMILES string of the molecule is C#C.C=C(O)Cc1c(C)c2c3c(cc(C)n3CCN2C)c1-c1ccc2c(c1C)NCCO2.CC(C)(C)O. The molecule has 2 aliphatic rings. The molecule has 6 nitrogen and oxygen atoms in total. The van der Waals surface area contributed by atoms with Crippen molar-refractivity contribution in [3.63, 3.8) is 0 Å². The third-order valence-corrected chi connectivity index (χ3v) is 6.69. The second-order valence-electron chi connectivity index (χ2n) is 10.7. The van der Waals surface area contributed by atoms with E-state index in [4.69, 9.17) is 9.84 Å². The van der Waals surface area contributed by atoms with E-state index in [0.29, 0.717) is 13.0 Å². The van der Waals surface area contributed by atoms with Crippen LogP contribution < -0.4 is 15.0 Å². The van der Waals surface area contributed by atoms with Crippen molar-refractivity contribution < 1.29 is 14.9 Å². The van der Waals surface area contributed by atoms with Gasteiger partial charge in [-0.1, -0.05) is 12.6 Å². The molecule has 0 fully saturated rings. The standard InChI is InChI=1S/C25H29N3O2.C4H10O.C2H2/c1-14-12-20-22(18-6-7-21-23(16(18)3)26-8-11-30-21)19(13-15(2)29)17(4)24-25(20)28(14)10-9-27(24)5;1-4(2,3)5;1-2/h6-7,12,26,29H,2,8-11,13H2,1,3-5H3;5H,1-3H3;1-2H. The zero-order valence-corrected chi connectivity index (χ0v) is 23.3. The summed E-state index contributed by atoms with van der Waals surface area (Å²) < 4.78 is 8.29. The highest BCUT2D eigenvalue weighted by Gasteiger charge is 2.28. The molecule has 6 heteroatoms. The van der Waals surface area contributed by atoms with E-state index >= 15 is 0 Å². The molecule has 0 saturated carbocycles. The van der Waals surface area contributed by atoms with Gasteiger partial charge < -0.3 is 29.7 Å². The lowest BCUT2D eigenvalue weighted by atomic mass is 9.86. The highest BCUT2D eigenvalue weighted by Crippen LogP contribution is 2.47. The summed E-state index contributed by atoms with van der Waals surface area (Å²) in [6, 6.07) is 6.54. The van der Waals surface area contributed by atoms with E-state index in [9.17, 15) is 5.11 Å². The Bertz CT molecular complexity index is 1340. The number of terminal acetylenes is 1. The van der Waals surface area contributed by atoms with E-state index < -0.39 is 5.60 Å². The molecule has 2 aromatic carbocycles. The molecule has 3 heterocycles. The molecule has 0 saturated heterocycles. The summed E-state index contributed by atoms with van der Waals surface area (Å²) in [5, 5.41) is 23.5. The molecule has 3 aromatic rings. The van der Waals surface area contributed by atoms with Crippen LogP contribution in [-0.2, 0) is 13.0 Å².